The lowest BCUT2D eigenvalue weighted by molar-refractivity contribution is -0.145. The number of hydrogen-bond donors (Lipinski definition) is 1. The minimum absolute atomic E-state index is 0.133. The zero-order valence-corrected chi connectivity index (χ0v) is 12.8. The second kappa shape index (κ2) is 5.05. The molecule has 2 aliphatic rings. The van der Waals surface area contributed by atoms with E-state index in [1.54, 1.807) is 11.8 Å². The summed E-state index contributed by atoms with van der Waals surface area (Å²) in [5, 5.41) is 13.0. The molecule has 1 aromatic rings. The van der Waals surface area contributed by atoms with E-state index in [0.717, 1.165) is 0 Å². The van der Waals surface area contributed by atoms with Gasteiger partial charge in [-0.15, -0.1) is 0 Å². The first-order chi connectivity index (χ1) is 10.3. The number of rotatable bonds is 3. The van der Waals surface area contributed by atoms with Crippen molar-refractivity contribution >= 4 is 11.9 Å². The average molecular weight is 309 g/mol. The van der Waals surface area contributed by atoms with Crippen LogP contribution < -0.4 is 0 Å². The van der Waals surface area contributed by atoms with E-state index in [1.807, 2.05) is 13.8 Å². The van der Waals surface area contributed by atoms with Gasteiger partial charge in [-0.05, 0) is 5.41 Å². The fourth-order valence-corrected chi connectivity index (χ4v) is 3.21. The molecule has 1 aliphatic heterocycles. The third-order valence-corrected chi connectivity index (χ3v) is 4.57. The molecular formula is C14H19N3O5. The van der Waals surface area contributed by atoms with Crippen molar-refractivity contribution in [1.82, 2.24) is 15.0 Å². The molecule has 120 valence electrons. The summed E-state index contributed by atoms with van der Waals surface area (Å²) in [6.45, 7) is 6.45. The highest BCUT2D eigenvalue weighted by Crippen LogP contribution is 2.59. The van der Waals surface area contributed by atoms with E-state index in [2.05, 4.69) is 10.1 Å². The highest BCUT2D eigenvalue weighted by Gasteiger charge is 2.66. The molecule has 1 amide bonds. The maximum atomic E-state index is 12.6. The lowest BCUT2D eigenvalue weighted by Gasteiger charge is -2.32. The standard InChI is InChI=1S/C14H19N3O5/c1-7-15-11(16-22-7)8-6-17(4-5-21-8)12(18)9-10(13(19)20)14(9,2)3/h8-10H,4-6H2,1-3H3,(H,19,20)/t8?,9-,10+/m0/s1. The molecule has 0 bridgehead atoms. The van der Waals surface area contributed by atoms with Crippen LogP contribution in [0.25, 0.3) is 0 Å². The molecule has 3 rings (SSSR count). The molecule has 8 nitrogen and oxygen atoms in total. The SMILES string of the molecule is Cc1nc(C2CN(C(=O)[C@@H]3[C@H](C(=O)O)C3(C)C)CCO2)no1. The van der Waals surface area contributed by atoms with Crippen molar-refractivity contribution in [3.05, 3.63) is 11.7 Å². The number of carboxylic acids is 1. The Labute approximate surface area is 127 Å². The minimum Gasteiger partial charge on any atom is -0.481 e. The zero-order chi connectivity index (χ0) is 16.1. The van der Waals surface area contributed by atoms with Gasteiger partial charge >= 0.3 is 5.97 Å². The van der Waals surface area contributed by atoms with Crippen LogP contribution in [0.3, 0.4) is 0 Å². The molecule has 3 atom stereocenters. The molecule has 1 saturated heterocycles. The number of carbonyl (C=O) groups is 2. The number of nitrogens with zero attached hydrogens (tertiary/aromatic N) is 3. The molecule has 0 radical (unpaired) electrons. The van der Waals surface area contributed by atoms with E-state index in [0.29, 0.717) is 31.4 Å². The molecule has 0 aromatic carbocycles. The quantitative estimate of drug-likeness (QED) is 0.873. The van der Waals surface area contributed by atoms with Crippen molar-refractivity contribution in [3.63, 3.8) is 0 Å². The van der Waals surface area contributed by atoms with Crippen molar-refractivity contribution in [3.8, 4) is 0 Å². The van der Waals surface area contributed by atoms with E-state index in [-0.39, 0.29) is 5.91 Å². The van der Waals surface area contributed by atoms with Gasteiger partial charge in [0.2, 0.25) is 17.6 Å². The second-order valence-corrected chi connectivity index (χ2v) is 6.43. The van der Waals surface area contributed by atoms with Crippen LogP contribution in [0, 0.1) is 24.2 Å². The van der Waals surface area contributed by atoms with Gasteiger partial charge in [0.05, 0.1) is 25.0 Å². The second-order valence-electron chi connectivity index (χ2n) is 6.43. The van der Waals surface area contributed by atoms with Gasteiger partial charge < -0.3 is 19.3 Å². The third kappa shape index (κ3) is 2.37. The van der Waals surface area contributed by atoms with Crippen LogP contribution in [-0.4, -0.2) is 51.7 Å². The van der Waals surface area contributed by atoms with Gasteiger partial charge in [-0.2, -0.15) is 4.98 Å². The van der Waals surface area contributed by atoms with E-state index < -0.39 is 29.3 Å². The van der Waals surface area contributed by atoms with Gasteiger partial charge in [-0.3, -0.25) is 9.59 Å². The Hall–Kier alpha value is -1.96. The molecule has 1 aromatic heterocycles. The Morgan fingerprint density at radius 2 is 2.09 bits per heavy atom. The molecule has 1 unspecified atom stereocenters. The number of aryl methyl sites for hydroxylation is 1. The number of aromatic nitrogens is 2. The number of morpholine rings is 1. The van der Waals surface area contributed by atoms with Crippen LogP contribution in [0.1, 0.15) is 31.7 Å². The first kappa shape index (κ1) is 15.0. The molecule has 1 N–H and O–H groups in total. The Kier molecular flexibility index (Phi) is 3.43. The summed E-state index contributed by atoms with van der Waals surface area (Å²) >= 11 is 0. The maximum absolute atomic E-state index is 12.6. The van der Waals surface area contributed by atoms with E-state index in [1.165, 1.54) is 0 Å². The summed E-state index contributed by atoms with van der Waals surface area (Å²) in [6, 6.07) is 0. The largest absolute Gasteiger partial charge is 0.481 e. The molecule has 2 heterocycles. The minimum atomic E-state index is -0.915. The lowest BCUT2D eigenvalue weighted by Crippen LogP contribution is -2.44. The Bertz CT molecular complexity index is 611. The Morgan fingerprint density at radius 1 is 1.36 bits per heavy atom. The van der Waals surface area contributed by atoms with E-state index in [9.17, 15) is 14.7 Å². The average Bonchev–Trinajstić information content (AvgIpc) is 2.80. The van der Waals surface area contributed by atoms with Crippen LogP contribution in [-0.2, 0) is 14.3 Å². The number of carboxylic acid groups (broad SMARTS) is 1. The number of carbonyl (C=O) groups excluding carboxylic acids is 1. The number of amides is 1. The molecular weight excluding hydrogens is 290 g/mol. The molecule has 1 saturated carbocycles. The van der Waals surface area contributed by atoms with Crippen molar-refractivity contribution in [2.75, 3.05) is 19.7 Å². The Balaban J connectivity index is 1.70. The smallest absolute Gasteiger partial charge is 0.307 e. The third-order valence-electron chi connectivity index (χ3n) is 4.57. The number of hydrogen-bond acceptors (Lipinski definition) is 6. The summed E-state index contributed by atoms with van der Waals surface area (Å²) in [5.74, 6) is -1.28. The van der Waals surface area contributed by atoms with Crippen molar-refractivity contribution in [1.29, 1.82) is 0 Å². The molecule has 2 fully saturated rings. The molecule has 22 heavy (non-hydrogen) atoms. The van der Waals surface area contributed by atoms with Crippen LogP contribution in [0.15, 0.2) is 4.52 Å². The number of aliphatic carboxylic acids is 1. The fraction of sp³-hybridized carbons (Fsp3) is 0.714. The van der Waals surface area contributed by atoms with Gasteiger partial charge in [0.1, 0.15) is 6.10 Å². The lowest BCUT2D eigenvalue weighted by atomic mass is 10.1. The highest BCUT2D eigenvalue weighted by molar-refractivity contribution is 5.91. The monoisotopic (exact) mass is 309 g/mol. The summed E-state index contributed by atoms with van der Waals surface area (Å²) in [7, 11) is 0. The van der Waals surface area contributed by atoms with Crippen LogP contribution in [0.4, 0.5) is 0 Å². The van der Waals surface area contributed by atoms with Crippen LogP contribution >= 0.6 is 0 Å². The first-order valence-corrected chi connectivity index (χ1v) is 7.25. The molecule has 8 heteroatoms. The van der Waals surface area contributed by atoms with Gasteiger partial charge in [-0.1, -0.05) is 19.0 Å². The number of ether oxygens (including phenoxy) is 1. The van der Waals surface area contributed by atoms with E-state index in [4.69, 9.17) is 9.26 Å². The topological polar surface area (TPSA) is 106 Å². The molecule has 0 spiro atoms. The van der Waals surface area contributed by atoms with Gasteiger partial charge in [0.15, 0.2) is 0 Å². The maximum Gasteiger partial charge on any atom is 0.307 e. The summed E-state index contributed by atoms with van der Waals surface area (Å²) < 4.78 is 10.5. The highest BCUT2D eigenvalue weighted by atomic mass is 16.5. The van der Waals surface area contributed by atoms with Crippen molar-refractivity contribution < 1.29 is 24.0 Å². The summed E-state index contributed by atoms with van der Waals surface area (Å²) in [6.07, 6.45) is -0.430. The van der Waals surface area contributed by atoms with Crippen LogP contribution in [0.5, 0.6) is 0 Å². The van der Waals surface area contributed by atoms with Gasteiger partial charge in [-0.25, -0.2) is 0 Å². The van der Waals surface area contributed by atoms with E-state index >= 15 is 0 Å². The van der Waals surface area contributed by atoms with Crippen molar-refractivity contribution in [2.24, 2.45) is 17.3 Å². The first-order valence-electron chi connectivity index (χ1n) is 7.25. The van der Waals surface area contributed by atoms with Gasteiger partial charge in [0, 0.05) is 13.5 Å². The van der Waals surface area contributed by atoms with Crippen LogP contribution in [0.2, 0.25) is 0 Å². The zero-order valence-electron chi connectivity index (χ0n) is 12.8. The Morgan fingerprint density at radius 3 is 2.64 bits per heavy atom. The van der Waals surface area contributed by atoms with Crippen molar-refractivity contribution in [2.45, 2.75) is 26.9 Å². The fourth-order valence-electron chi connectivity index (χ4n) is 3.21. The van der Waals surface area contributed by atoms with Gasteiger partial charge in [0.25, 0.3) is 0 Å². The predicted octanol–water partition coefficient (Wildman–Crippen LogP) is 0.635. The summed E-state index contributed by atoms with van der Waals surface area (Å²) in [5.41, 5.74) is -0.501. The summed E-state index contributed by atoms with van der Waals surface area (Å²) in [4.78, 5) is 29.6. The predicted molar refractivity (Wildman–Crippen MR) is 72.7 cm³/mol. The normalized spacial score (nSPS) is 30.1. The molecule has 1 aliphatic carbocycles.